The number of hydrogen-bond donors (Lipinski definition) is 2. The van der Waals surface area contributed by atoms with E-state index in [1.165, 1.54) is 25.7 Å². The molecule has 2 N–H and O–H groups in total. The van der Waals surface area contributed by atoms with Crippen molar-refractivity contribution in [1.82, 2.24) is 5.32 Å². The zero-order valence-electron chi connectivity index (χ0n) is 9.33. The fourth-order valence-electron chi connectivity index (χ4n) is 2.01. The molecule has 0 aromatic rings. The number of aliphatic hydroxyl groups is 1. The van der Waals surface area contributed by atoms with Gasteiger partial charge in [0.25, 0.3) is 0 Å². The van der Waals surface area contributed by atoms with Gasteiger partial charge in [-0.05, 0) is 12.8 Å². The van der Waals surface area contributed by atoms with Crippen LogP contribution in [0.1, 0.15) is 39.5 Å². The Balaban J connectivity index is 2.29. The second kappa shape index (κ2) is 6.38. The summed E-state index contributed by atoms with van der Waals surface area (Å²) in [4.78, 5) is 0. The van der Waals surface area contributed by atoms with Gasteiger partial charge in [-0.25, -0.2) is 0 Å². The van der Waals surface area contributed by atoms with Gasteiger partial charge in [0.2, 0.25) is 0 Å². The fourth-order valence-corrected chi connectivity index (χ4v) is 2.01. The van der Waals surface area contributed by atoms with E-state index in [1.54, 1.807) is 0 Å². The van der Waals surface area contributed by atoms with Crippen molar-refractivity contribution < 1.29 is 9.84 Å². The van der Waals surface area contributed by atoms with E-state index in [0.717, 1.165) is 0 Å². The van der Waals surface area contributed by atoms with E-state index in [0.29, 0.717) is 19.3 Å². The molecule has 1 saturated heterocycles. The van der Waals surface area contributed by atoms with Crippen LogP contribution in [0.4, 0.5) is 0 Å². The van der Waals surface area contributed by atoms with Crippen LogP contribution < -0.4 is 5.32 Å². The summed E-state index contributed by atoms with van der Waals surface area (Å²) in [7, 11) is 0. The lowest BCUT2D eigenvalue weighted by atomic mass is 10.0. The highest BCUT2D eigenvalue weighted by Crippen LogP contribution is 2.11. The van der Waals surface area contributed by atoms with Gasteiger partial charge in [0.1, 0.15) is 0 Å². The fraction of sp³-hybridized carbons (Fsp3) is 1.00. The Labute approximate surface area is 86.8 Å². The van der Waals surface area contributed by atoms with E-state index in [-0.39, 0.29) is 12.1 Å². The van der Waals surface area contributed by atoms with Gasteiger partial charge in [0.05, 0.1) is 25.4 Å². The van der Waals surface area contributed by atoms with Gasteiger partial charge < -0.3 is 15.2 Å². The highest BCUT2D eigenvalue weighted by atomic mass is 16.5. The predicted octanol–water partition coefficient (Wildman–Crippen LogP) is 1.30. The largest absolute Gasteiger partial charge is 0.389 e. The van der Waals surface area contributed by atoms with Crippen molar-refractivity contribution in [3.63, 3.8) is 0 Å². The summed E-state index contributed by atoms with van der Waals surface area (Å²) < 4.78 is 5.21. The van der Waals surface area contributed by atoms with Crippen LogP contribution in [0.3, 0.4) is 0 Å². The quantitative estimate of drug-likeness (QED) is 0.680. The van der Waals surface area contributed by atoms with Gasteiger partial charge in [-0.2, -0.15) is 0 Å². The first-order valence-electron chi connectivity index (χ1n) is 5.79. The van der Waals surface area contributed by atoms with Crippen molar-refractivity contribution in [2.24, 2.45) is 0 Å². The molecule has 0 aliphatic carbocycles. The molecule has 1 rings (SSSR count). The highest BCUT2D eigenvalue weighted by Gasteiger charge is 2.27. The third kappa shape index (κ3) is 3.56. The molecule has 1 aliphatic heterocycles. The number of nitrogens with one attached hydrogen (secondary N) is 1. The van der Waals surface area contributed by atoms with E-state index >= 15 is 0 Å². The van der Waals surface area contributed by atoms with Gasteiger partial charge in [0, 0.05) is 6.04 Å². The minimum Gasteiger partial charge on any atom is -0.389 e. The first-order chi connectivity index (χ1) is 6.77. The summed E-state index contributed by atoms with van der Waals surface area (Å²) in [5, 5.41) is 13.1. The van der Waals surface area contributed by atoms with Crippen LogP contribution >= 0.6 is 0 Å². The van der Waals surface area contributed by atoms with Crippen LogP contribution in [0.2, 0.25) is 0 Å². The molecule has 0 aromatic heterocycles. The summed E-state index contributed by atoms with van der Waals surface area (Å²) in [6.07, 6.45) is 4.46. The summed E-state index contributed by atoms with van der Waals surface area (Å²) in [5.74, 6) is 0. The molecule has 0 spiro atoms. The Bertz CT molecular complexity index is 146. The Morgan fingerprint density at radius 2 is 1.93 bits per heavy atom. The van der Waals surface area contributed by atoms with Gasteiger partial charge in [0.15, 0.2) is 0 Å². The maximum atomic E-state index is 9.59. The number of hydrogen-bond acceptors (Lipinski definition) is 3. The normalized spacial score (nSPS) is 27.4. The average Bonchev–Trinajstić information content (AvgIpc) is 2.53. The molecule has 14 heavy (non-hydrogen) atoms. The van der Waals surface area contributed by atoms with Gasteiger partial charge >= 0.3 is 0 Å². The molecule has 0 bridgehead atoms. The molecule has 1 aliphatic rings. The van der Waals surface area contributed by atoms with Gasteiger partial charge in [-0.3, -0.25) is 0 Å². The Hall–Kier alpha value is -0.120. The maximum absolute atomic E-state index is 9.59. The zero-order valence-corrected chi connectivity index (χ0v) is 9.33. The molecular formula is C11H23NO2. The molecule has 2 unspecified atom stereocenters. The minimum absolute atomic E-state index is 0.151. The van der Waals surface area contributed by atoms with Crippen LogP contribution in [0.15, 0.2) is 0 Å². The van der Waals surface area contributed by atoms with E-state index in [9.17, 15) is 5.11 Å². The van der Waals surface area contributed by atoms with Crippen molar-refractivity contribution in [1.29, 1.82) is 0 Å². The predicted molar refractivity (Wildman–Crippen MR) is 57.4 cm³/mol. The molecule has 1 fully saturated rings. The van der Waals surface area contributed by atoms with E-state index in [4.69, 9.17) is 4.74 Å². The van der Waals surface area contributed by atoms with Gasteiger partial charge in [-0.15, -0.1) is 0 Å². The molecule has 0 amide bonds. The lowest BCUT2D eigenvalue weighted by Gasteiger charge is -2.23. The number of ether oxygens (including phenoxy) is 1. The van der Waals surface area contributed by atoms with Crippen LogP contribution in [0.5, 0.6) is 0 Å². The topological polar surface area (TPSA) is 41.5 Å². The van der Waals surface area contributed by atoms with Crippen LogP contribution in [0.25, 0.3) is 0 Å². The lowest BCUT2D eigenvalue weighted by molar-refractivity contribution is 0.120. The SMILES string of the molecule is CCCC(CCC)NC1COCC1O. The van der Waals surface area contributed by atoms with Crippen molar-refractivity contribution in [2.75, 3.05) is 13.2 Å². The van der Waals surface area contributed by atoms with Gasteiger partial charge in [-0.1, -0.05) is 26.7 Å². The summed E-state index contributed by atoms with van der Waals surface area (Å²) in [6, 6.07) is 0.699. The van der Waals surface area contributed by atoms with E-state index < -0.39 is 0 Å². The van der Waals surface area contributed by atoms with Crippen molar-refractivity contribution in [3.05, 3.63) is 0 Å². The molecule has 84 valence electrons. The third-order valence-electron chi connectivity index (χ3n) is 2.77. The Kier molecular flexibility index (Phi) is 5.45. The Morgan fingerprint density at radius 1 is 1.29 bits per heavy atom. The Morgan fingerprint density at radius 3 is 2.36 bits per heavy atom. The number of rotatable bonds is 6. The maximum Gasteiger partial charge on any atom is 0.0948 e. The van der Waals surface area contributed by atoms with Crippen LogP contribution in [-0.4, -0.2) is 36.5 Å². The molecular weight excluding hydrogens is 178 g/mol. The second-order valence-electron chi connectivity index (χ2n) is 4.15. The molecule has 0 aromatic carbocycles. The first kappa shape index (κ1) is 12.0. The van der Waals surface area contributed by atoms with Crippen LogP contribution in [0, 0.1) is 0 Å². The monoisotopic (exact) mass is 201 g/mol. The summed E-state index contributed by atoms with van der Waals surface area (Å²) in [6.45, 7) is 5.55. The first-order valence-corrected chi connectivity index (χ1v) is 5.79. The van der Waals surface area contributed by atoms with Crippen molar-refractivity contribution in [2.45, 2.75) is 57.7 Å². The van der Waals surface area contributed by atoms with E-state index in [1.807, 2.05) is 0 Å². The average molecular weight is 201 g/mol. The standard InChI is InChI=1S/C11H23NO2/c1-3-5-9(6-4-2)12-10-7-14-8-11(10)13/h9-13H,3-8H2,1-2H3. The zero-order chi connectivity index (χ0) is 10.4. The van der Waals surface area contributed by atoms with Crippen LogP contribution in [-0.2, 0) is 4.74 Å². The second-order valence-corrected chi connectivity index (χ2v) is 4.15. The molecule has 2 atom stereocenters. The minimum atomic E-state index is -0.314. The highest BCUT2D eigenvalue weighted by molar-refractivity contribution is 4.83. The lowest BCUT2D eigenvalue weighted by Crippen LogP contribution is -2.44. The van der Waals surface area contributed by atoms with E-state index in [2.05, 4.69) is 19.2 Å². The van der Waals surface area contributed by atoms with Crippen molar-refractivity contribution >= 4 is 0 Å². The summed E-state index contributed by atoms with van der Waals surface area (Å²) >= 11 is 0. The number of aliphatic hydroxyl groups excluding tert-OH is 1. The third-order valence-corrected chi connectivity index (χ3v) is 2.77. The molecule has 0 saturated carbocycles. The molecule has 3 nitrogen and oxygen atoms in total. The molecule has 1 heterocycles. The molecule has 3 heteroatoms. The summed E-state index contributed by atoms with van der Waals surface area (Å²) in [5.41, 5.74) is 0. The molecule has 0 radical (unpaired) electrons. The smallest absolute Gasteiger partial charge is 0.0948 e. The van der Waals surface area contributed by atoms with Crippen molar-refractivity contribution in [3.8, 4) is 0 Å².